The van der Waals surface area contributed by atoms with E-state index in [4.69, 9.17) is 16.3 Å². The van der Waals surface area contributed by atoms with E-state index in [9.17, 15) is 0 Å². The van der Waals surface area contributed by atoms with Gasteiger partial charge in [-0.25, -0.2) is 0 Å². The van der Waals surface area contributed by atoms with Crippen molar-refractivity contribution in [3.63, 3.8) is 0 Å². The topological polar surface area (TPSA) is 38.2 Å². The number of nitrogens with zero attached hydrogens (tertiary/aromatic N) is 3. The van der Waals surface area contributed by atoms with Crippen LogP contribution in [-0.4, -0.2) is 22.8 Å². The second-order valence-corrected chi connectivity index (χ2v) is 4.24. The summed E-state index contributed by atoms with van der Waals surface area (Å²) in [4.78, 5) is 1.99. The average molecular weight is 256 g/mol. The molecule has 0 unspecified atom stereocenters. The summed E-state index contributed by atoms with van der Waals surface area (Å²) in [6.45, 7) is 0. The number of hydrogen-bond donors (Lipinski definition) is 0. The Balaban J connectivity index is 2.22. The van der Waals surface area contributed by atoms with E-state index in [1.807, 2.05) is 43.3 Å². The Labute approximate surface area is 103 Å². The SMILES string of the molecule is CN(C)c1cccc(Oc2nsnc2Cl)c1. The van der Waals surface area contributed by atoms with Crippen LogP contribution in [0.15, 0.2) is 24.3 Å². The van der Waals surface area contributed by atoms with Crippen LogP contribution < -0.4 is 9.64 Å². The minimum absolute atomic E-state index is 0.292. The van der Waals surface area contributed by atoms with E-state index in [0.717, 1.165) is 17.4 Å². The highest BCUT2D eigenvalue weighted by atomic mass is 35.5. The minimum Gasteiger partial charge on any atom is -0.436 e. The Hall–Kier alpha value is -1.33. The molecule has 0 saturated carbocycles. The Morgan fingerprint density at radius 3 is 2.75 bits per heavy atom. The van der Waals surface area contributed by atoms with E-state index >= 15 is 0 Å². The molecule has 1 aromatic carbocycles. The quantitative estimate of drug-likeness (QED) is 0.845. The van der Waals surface area contributed by atoms with Crippen molar-refractivity contribution in [2.45, 2.75) is 0 Å². The van der Waals surface area contributed by atoms with Gasteiger partial charge in [0.25, 0.3) is 5.88 Å². The second kappa shape index (κ2) is 4.67. The Bertz CT molecular complexity index is 486. The normalized spacial score (nSPS) is 10.2. The molecular formula is C10H10ClN3OS. The molecule has 0 bridgehead atoms. The smallest absolute Gasteiger partial charge is 0.270 e. The van der Waals surface area contributed by atoms with Crippen molar-refractivity contribution in [1.82, 2.24) is 8.75 Å². The molecule has 0 spiro atoms. The van der Waals surface area contributed by atoms with Crippen LogP contribution in [0.4, 0.5) is 5.69 Å². The van der Waals surface area contributed by atoms with Gasteiger partial charge in [-0.15, -0.1) is 4.37 Å². The van der Waals surface area contributed by atoms with Gasteiger partial charge in [0.05, 0.1) is 11.7 Å². The molecule has 0 N–H and O–H groups in total. The van der Waals surface area contributed by atoms with Crippen molar-refractivity contribution in [3.05, 3.63) is 29.4 Å². The van der Waals surface area contributed by atoms with E-state index < -0.39 is 0 Å². The van der Waals surface area contributed by atoms with Gasteiger partial charge >= 0.3 is 0 Å². The molecule has 4 nitrogen and oxygen atoms in total. The summed E-state index contributed by atoms with van der Waals surface area (Å²) < 4.78 is 13.3. The summed E-state index contributed by atoms with van der Waals surface area (Å²) in [6.07, 6.45) is 0. The fraction of sp³-hybridized carbons (Fsp3) is 0.200. The van der Waals surface area contributed by atoms with E-state index in [1.54, 1.807) is 0 Å². The molecule has 0 aliphatic carbocycles. The van der Waals surface area contributed by atoms with Gasteiger partial charge in [-0.2, -0.15) is 4.37 Å². The molecule has 6 heteroatoms. The second-order valence-electron chi connectivity index (χ2n) is 3.35. The van der Waals surface area contributed by atoms with Crippen LogP contribution in [0.3, 0.4) is 0 Å². The van der Waals surface area contributed by atoms with Crippen molar-refractivity contribution in [2.24, 2.45) is 0 Å². The predicted octanol–water partition coefficient (Wildman–Crippen LogP) is 3.05. The first-order valence-corrected chi connectivity index (χ1v) is 5.71. The molecule has 0 saturated heterocycles. The first-order valence-electron chi connectivity index (χ1n) is 4.60. The molecule has 0 aliphatic rings. The van der Waals surface area contributed by atoms with Gasteiger partial charge in [0.2, 0.25) is 5.15 Å². The standard InChI is InChI=1S/C10H10ClN3OS/c1-14(2)7-4-3-5-8(6-7)15-10-9(11)12-16-13-10/h3-6H,1-2H3. The molecule has 2 rings (SSSR count). The van der Waals surface area contributed by atoms with Crippen LogP contribution in [0.5, 0.6) is 11.6 Å². The Morgan fingerprint density at radius 2 is 2.12 bits per heavy atom. The maximum Gasteiger partial charge on any atom is 0.270 e. The lowest BCUT2D eigenvalue weighted by molar-refractivity contribution is 0.468. The zero-order valence-electron chi connectivity index (χ0n) is 8.85. The summed E-state index contributed by atoms with van der Waals surface area (Å²) in [5.41, 5.74) is 1.05. The lowest BCUT2D eigenvalue weighted by Gasteiger charge is -2.13. The molecule has 0 aliphatic heterocycles. The van der Waals surface area contributed by atoms with Crippen LogP contribution >= 0.6 is 23.3 Å². The lowest BCUT2D eigenvalue weighted by Crippen LogP contribution is -2.08. The first-order chi connectivity index (χ1) is 7.66. The fourth-order valence-corrected chi connectivity index (χ4v) is 1.78. The summed E-state index contributed by atoms with van der Waals surface area (Å²) in [5, 5.41) is 0.292. The first kappa shape index (κ1) is 11.2. The van der Waals surface area contributed by atoms with Gasteiger partial charge in [-0.1, -0.05) is 17.7 Å². The Kier molecular flexibility index (Phi) is 3.26. The highest BCUT2D eigenvalue weighted by molar-refractivity contribution is 6.99. The monoisotopic (exact) mass is 255 g/mol. The third kappa shape index (κ3) is 2.43. The summed E-state index contributed by atoms with van der Waals surface area (Å²) >= 11 is 6.82. The van der Waals surface area contributed by atoms with Gasteiger partial charge in [0.1, 0.15) is 5.75 Å². The van der Waals surface area contributed by atoms with E-state index in [0.29, 0.717) is 16.8 Å². The van der Waals surface area contributed by atoms with E-state index in [2.05, 4.69) is 8.75 Å². The molecule has 84 valence electrons. The van der Waals surface area contributed by atoms with E-state index in [-0.39, 0.29) is 0 Å². The van der Waals surface area contributed by atoms with Crippen molar-refractivity contribution < 1.29 is 4.74 Å². The van der Waals surface area contributed by atoms with Crippen molar-refractivity contribution in [3.8, 4) is 11.6 Å². The van der Waals surface area contributed by atoms with Gasteiger partial charge in [-0.3, -0.25) is 0 Å². The molecule has 16 heavy (non-hydrogen) atoms. The molecular weight excluding hydrogens is 246 g/mol. The molecule has 0 fully saturated rings. The number of halogens is 1. The molecule has 0 amide bonds. The lowest BCUT2D eigenvalue weighted by atomic mass is 10.3. The molecule has 1 aromatic heterocycles. The van der Waals surface area contributed by atoms with Gasteiger partial charge in [0, 0.05) is 25.8 Å². The number of aromatic nitrogens is 2. The maximum absolute atomic E-state index is 5.79. The van der Waals surface area contributed by atoms with Gasteiger partial charge in [-0.05, 0) is 12.1 Å². The predicted molar refractivity (Wildman–Crippen MR) is 65.8 cm³/mol. The molecule has 2 aromatic rings. The molecule has 0 atom stereocenters. The summed E-state index contributed by atoms with van der Waals surface area (Å²) in [7, 11) is 3.94. The van der Waals surface area contributed by atoms with Crippen molar-refractivity contribution in [1.29, 1.82) is 0 Å². The van der Waals surface area contributed by atoms with Crippen LogP contribution in [0.2, 0.25) is 5.15 Å². The van der Waals surface area contributed by atoms with Crippen LogP contribution in [0, 0.1) is 0 Å². The summed E-state index contributed by atoms with van der Waals surface area (Å²) in [6, 6.07) is 7.67. The minimum atomic E-state index is 0.292. The van der Waals surface area contributed by atoms with E-state index in [1.165, 1.54) is 0 Å². The third-order valence-electron chi connectivity index (χ3n) is 1.97. The molecule has 1 heterocycles. The fourth-order valence-electron chi connectivity index (χ4n) is 1.17. The molecule has 0 radical (unpaired) electrons. The number of ether oxygens (including phenoxy) is 1. The zero-order valence-corrected chi connectivity index (χ0v) is 10.4. The van der Waals surface area contributed by atoms with Gasteiger partial charge in [0.15, 0.2) is 0 Å². The maximum atomic E-state index is 5.79. The van der Waals surface area contributed by atoms with Crippen LogP contribution in [-0.2, 0) is 0 Å². The number of benzene rings is 1. The van der Waals surface area contributed by atoms with Crippen LogP contribution in [0.25, 0.3) is 0 Å². The number of anilines is 1. The van der Waals surface area contributed by atoms with Crippen molar-refractivity contribution >= 4 is 29.0 Å². The van der Waals surface area contributed by atoms with Crippen molar-refractivity contribution in [2.75, 3.05) is 19.0 Å². The highest BCUT2D eigenvalue weighted by Crippen LogP contribution is 2.28. The van der Waals surface area contributed by atoms with Crippen LogP contribution in [0.1, 0.15) is 0 Å². The number of rotatable bonds is 3. The summed E-state index contributed by atoms with van der Waals surface area (Å²) in [5.74, 6) is 1.04. The van der Waals surface area contributed by atoms with Gasteiger partial charge < -0.3 is 9.64 Å². The largest absolute Gasteiger partial charge is 0.436 e. The highest BCUT2D eigenvalue weighted by Gasteiger charge is 2.08. The average Bonchev–Trinajstić information content (AvgIpc) is 2.65. The third-order valence-corrected chi connectivity index (χ3v) is 2.83. The zero-order chi connectivity index (χ0) is 11.5. The Morgan fingerprint density at radius 1 is 1.31 bits per heavy atom. The number of hydrogen-bond acceptors (Lipinski definition) is 5.